The van der Waals surface area contributed by atoms with Crippen molar-refractivity contribution >= 4 is 17.1 Å². The molecule has 0 aliphatic rings. The van der Waals surface area contributed by atoms with Gasteiger partial charge in [0.2, 0.25) is 0 Å². The van der Waals surface area contributed by atoms with E-state index in [-0.39, 0.29) is 0 Å². The van der Waals surface area contributed by atoms with E-state index in [2.05, 4.69) is 9.97 Å². The van der Waals surface area contributed by atoms with Crippen molar-refractivity contribution in [2.24, 2.45) is 0 Å². The van der Waals surface area contributed by atoms with E-state index in [1.54, 1.807) is 12.4 Å². The molecule has 0 bridgehead atoms. The van der Waals surface area contributed by atoms with Gasteiger partial charge >= 0.3 is 0 Å². The third-order valence-electron chi connectivity index (χ3n) is 1.08. The molecule has 1 aromatic heterocycles. The predicted octanol–water partition coefficient (Wildman–Crippen LogP) is 1.54. The summed E-state index contributed by atoms with van der Waals surface area (Å²) >= 11 is 4.98. The van der Waals surface area contributed by atoms with Gasteiger partial charge < -0.3 is 4.98 Å². The van der Waals surface area contributed by atoms with Crippen molar-refractivity contribution in [2.75, 3.05) is 0 Å². The maximum atomic E-state index is 4.98. The van der Waals surface area contributed by atoms with E-state index in [0.29, 0.717) is 0 Å². The molecule has 1 rings (SSSR count). The zero-order valence-electron chi connectivity index (χ0n) is 5.22. The fraction of sp³-hybridized carbons (Fsp3) is 0.333. The minimum absolute atomic E-state index is 0.826. The third kappa shape index (κ3) is 1.36. The highest BCUT2D eigenvalue weighted by Crippen LogP contribution is 1.95. The number of nitrogens with one attached hydrogen (secondary N) is 1. The first-order chi connectivity index (χ1) is 4.34. The van der Waals surface area contributed by atoms with Crippen molar-refractivity contribution in [3.63, 3.8) is 0 Å². The fourth-order valence-electron chi connectivity index (χ4n) is 0.585. The van der Waals surface area contributed by atoms with Crippen LogP contribution >= 0.6 is 12.2 Å². The SMILES string of the molecule is CCC(=S)c1ncc[nH]1. The standard InChI is InChI=1S/C6H8N2S/c1-2-5(9)6-7-3-4-8-6/h3-4H,2H2,1H3,(H,7,8). The van der Waals surface area contributed by atoms with Crippen LogP contribution in [0.15, 0.2) is 12.4 Å². The Labute approximate surface area is 59.3 Å². The van der Waals surface area contributed by atoms with Crippen LogP contribution in [0.4, 0.5) is 0 Å². The molecule has 0 aliphatic carbocycles. The van der Waals surface area contributed by atoms with Gasteiger partial charge in [-0.1, -0.05) is 19.1 Å². The fourth-order valence-corrected chi connectivity index (χ4v) is 0.697. The first-order valence-corrected chi connectivity index (χ1v) is 3.28. The molecule has 2 nitrogen and oxygen atoms in total. The molecule has 0 aromatic carbocycles. The number of aromatic nitrogens is 2. The lowest BCUT2D eigenvalue weighted by atomic mass is 10.3. The highest BCUT2D eigenvalue weighted by atomic mass is 32.1. The summed E-state index contributed by atoms with van der Waals surface area (Å²) in [6.45, 7) is 2.02. The van der Waals surface area contributed by atoms with Gasteiger partial charge in [0.05, 0.1) is 4.86 Å². The summed E-state index contributed by atoms with van der Waals surface area (Å²) in [5.74, 6) is 0.826. The minimum atomic E-state index is 0.826. The molecule has 0 radical (unpaired) electrons. The lowest BCUT2D eigenvalue weighted by Crippen LogP contribution is -1.96. The molecular weight excluding hydrogens is 132 g/mol. The molecule has 1 heterocycles. The second-order valence-electron chi connectivity index (χ2n) is 1.71. The molecule has 0 amide bonds. The van der Waals surface area contributed by atoms with Crippen molar-refractivity contribution in [1.29, 1.82) is 0 Å². The molecule has 0 unspecified atom stereocenters. The molecule has 0 saturated heterocycles. The molecular formula is C6H8N2S. The molecule has 9 heavy (non-hydrogen) atoms. The van der Waals surface area contributed by atoms with E-state index in [4.69, 9.17) is 12.2 Å². The Balaban J connectivity index is 2.77. The van der Waals surface area contributed by atoms with E-state index in [1.165, 1.54) is 0 Å². The van der Waals surface area contributed by atoms with Crippen LogP contribution in [-0.4, -0.2) is 14.8 Å². The highest BCUT2D eigenvalue weighted by molar-refractivity contribution is 7.80. The van der Waals surface area contributed by atoms with E-state index in [1.807, 2.05) is 6.92 Å². The first-order valence-electron chi connectivity index (χ1n) is 2.87. The Morgan fingerprint density at radius 3 is 3.11 bits per heavy atom. The summed E-state index contributed by atoms with van der Waals surface area (Å²) in [7, 11) is 0. The van der Waals surface area contributed by atoms with E-state index in [0.717, 1.165) is 17.1 Å². The van der Waals surface area contributed by atoms with Crippen LogP contribution in [0.1, 0.15) is 19.2 Å². The summed E-state index contributed by atoms with van der Waals surface area (Å²) in [5, 5.41) is 0. The Hall–Kier alpha value is -0.700. The molecule has 0 aliphatic heterocycles. The summed E-state index contributed by atoms with van der Waals surface area (Å²) in [5.41, 5.74) is 0. The molecule has 0 fully saturated rings. The highest BCUT2D eigenvalue weighted by Gasteiger charge is 1.97. The van der Waals surface area contributed by atoms with Crippen molar-refractivity contribution in [1.82, 2.24) is 9.97 Å². The van der Waals surface area contributed by atoms with Gasteiger partial charge in [-0.25, -0.2) is 4.98 Å². The minimum Gasteiger partial charge on any atom is -0.344 e. The molecule has 0 saturated carbocycles. The van der Waals surface area contributed by atoms with E-state index < -0.39 is 0 Å². The van der Waals surface area contributed by atoms with Gasteiger partial charge in [0, 0.05) is 12.4 Å². The molecule has 0 spiro atoms. The van der Waals surface area contributed by atoms with Crippen LogP contribution in [0.2, 0.25) is 0 Å². The predicted molar refractivity (Wildman–Crippen MR) is 40.6 cm³/mol. The van der Waals surface area contributed by atoms with Crippen LogP contribution in [0.5, 0.6) is 0 Å². The Morgan fingerprint density at radius 1 is 1.89 bits per heavy atom. The third-order valence-corrected chi connectivity index (χ3v) is 1.57. The number of imidazole rings is 1. The summed E-state index contributed by atoms with van der Waals surface area (Å²) in [4.78, 5) is 7.81. The monoisotopic (exact) mass is 140 g/mol. The van der Waals surface area contributed by atoms with Gasteiger partial charge in [0.1, 0.15) is 5.82 Å². The molecule has 1 aromatic rings. The number of hydrogen-bond acceptors (Lipinski definition) is 2. The molecule has 1 N–H and O–H groups in total. The number of H-pyrrole nitrogens is 1. The summed E-state index contributed by atoms with van der Waals surface area (Å²) < 4.78 is 0. The zero-order valence-corrected chi connectivity index (χ0v) is 6.03. The molecule has 0 atom stereocenters. The Kier molecular flexibility index (Phi) is 1.95. The largest absolute Gasteiger partial charge is 0.344 e. The van der Waals surface area contributed by atoms with E-state index >= 15 is 0 Å². The van der Waals surface area contributed by atoms with Gasteiger partial charge in [0.25, 0.3) is 0 Å². The zero-order chi connectivity index (χ0) is 6.69. The average Bonchev–Trinajstić information content (AvgIpc) is 2.37. The Bertz CT molecular complexity index is 191. The van der Waals surface area contributed by atoms with Crippen molar-refractivity contribution in [2.45, 2.75) is 13.3 Å². The normalized spacial score (nSPS) is 9.44. The quantitative estimate of drug-likeness (QED) is 0.498. The van der Waals surface area contributed by atoms with Gasteiger partial charge in [-0.2, -0.15) is 0 Å². The average molecular weight is 140 g/mol. The van der Waals surface area contributed by atoms with Gasteiger partial charge in [0.15, 0.2) is 0 Å². The summed E-state index contributed by atoms with van der Waals surface area (Å²) in [6.07, 6.45) is 4.36. The van der Waals surface area contributed by atoms with Gasteiger partial charge in [-0.05, 0) is 6.42 Å². The van der Waals surface area contributed by atoms with Crippen LogP contribution in [0.3, 0.4) is 0 Å². The molecule has 3 heteroatoms. The topological polar surface area (TPSA) is 28.7 Å². The number of aromatic amines is 1. The lowest BCUT2D eigenvalue weighted by Gasteiger charge is -1.90. The van der Waals surface area contributed by atoms with Crippen LogP contribution in [-0.2, 0) is 0 Å². The van der Waals surface area contributed by atoms with Crippen LogP contribution in [0, 0.1) is 0 Å². The van der Waals surface area contributed by atoms with Gasteiger partial charge in [-0.3, -0.25) is 0 Å². The van der Waals surface area contributed by atoms with Crippen molar-refractivity contribution in [3.8, 4) is 0 Å². The maximum absolute atomic E-state index is 4.98. The van der Waals surface area contributed by atoms with Gasteiger partial charge in [-0.15, -0.1) is 0 Å². The molecule has 48 valence electrons. The number of thiocarbonyl (C=S) groups is 1. The maximum Gasteiger partial charge on any atom is 0.144 e. The number of nitrogens with zero attached hydrogens (tertiary/aromatic N) is 1. The van der Waals surface area contributed by atoms with Crippen molar-refractivity contribution in [3.05, 3.63) is 18.2 Å². The van der Waals surface area contributed by atoms with Crippen molar-refractivity contribution < 1.29 is 0 Å². The first kappa shape index (κ1) is 6.42. The number of rotatable bonds is 2. The second-order valence-corrected chi connectivity index (χ2v) is 2.21. The summed E-state index contributed by atoms with van der Waals surface area (Å²) in [6, 6.07) is 0. The second kappa shape index (κ2) is 2.73. The smallest absolute Gasteiger partial charge is 0.144 e. The van der Waals surface area contributed by atoms with Crippen LogP contribution in [0.25, 0.3) is 0 Å². The van der Waals surface area contributed by atoms with E-state index in [9.17, 15) is 0 Å². The van der Waals surface area contributed by atoms with Crippen LogP contribution < -0.4 is 0 Å². The number of hydrogen-bond donors (Lipinski definition) is 1. The Morgan fingerprint density at radius 2 is 2.67 bits per heavy atom. The lowest BCUT2D eigenvalue weighted by molar-refractivity contribution is 1.21.